The molecular weight excluding hydrogens is 336 g/mol. The van der Waals surface area contributed by atoms with Crippen LogP contribution in [0.5, 0.6) is 5.75 Å². The second-order valence-corrected chi connectivity index (χ2v) is 8.37. The van der Waals surface area contributed by atoms with Crippen molar-refractivity contribution in [1.82, 2.24) is 9.62 Å². The van der Waals surface area contributed by atoms with Crippen molar-refractivity contribution in [2.24, 2.45) is 5.92 Å². The van der Waals surface area contributed by atoms with Gasteiger partial charge in [0.05, 0.1) is 12.0 Å². The van der Waals surface area contributed by atoms with Gasteiger partial charge in [0.15, 0.2) is 0 Å². The molecule has 1 N–H and O–H groups in total. The molecule has 0 aliphatic carbocycles. The Morgan fingerprint density at radius 3 is 2.44 bits per heavy atom. The van der Waals surface area contributed by atoms with Crippen LogP contribution in [0.4, 0.5) is 0 Å². The minimum Gasteiger partial charge on any atom is -0.496 e. The highest BCUT2D eigenvalue weighted by atomic mass is 32.2. The van der Waals surface area contributed by atoms with Crippen molar-refractivity contribution in [3.05, 3.63) is 36.4 Å². The fraction of sp³-hybridized carbons (Fsp3) is 0.474. The molecule has 0 saturated carbocycles. The molecule has 6 heteroatoms. The Kier molecular flexibility index (Phi) is 5.61. The number of nitrogens with zero attached hydrogens (tertiary/aromatic N) is 1. The van der Waals surface area contributed by atoms with Crippen molar-refractivity contribution in [2.75, 3.05) is 33.3 Å². The topological polar surface area (TPSA) is 58.6 Å². The molecule has 0 radical (unpaired) electrons. The largest absolute Gasteiger partial charge is 0.496 e. The summed E-state index contributed by atoms with van der Waals surface area (Å²) in [5, 5.41) is 4.90. The second-order valence-electron chi connectivity index (χ2n) is 6.47. The Morgan fingerprint density at radius 1 is 1.12 bits per heavy atom. The molecule has 0 aromatic heterocycles. The van der Waals surface area contributed by atoms with Crippen LogP contribution in [-0.2, 0) is 10.0 Å². The van der Waals surface area contributed by atoms with Gasteiger partial charge in [-0.1, -0.05) is 31.2 Å². The van der Waals surface area contributed by atoms with Crippen LogP contribution in [0, 0.1) is 5.92 Å². The number of hydrogen-bond acceptors (Lipinski definition) is 4. The smallest absolute Gasteiger partial charge is 0.243 e. The van der Waals surface area contributed by atoms with Gasteiger partial charge >= 0.3 is 0 Å². The van der Waals surface area contributed by atoms with E-state index in [-0.39, 0.29) is 0 Å². The lowest BCUT2D eigenvalue weighted by Gasteiger charge is -2.31. The van der Waals surface area contributed by atoms with Gasteiger partial charge in [0.1, 0.15) is 5.75 Å². The van der Waals surface area contributed by atoms with Crippen molar-refractivity contribution in [1.29, 1.82) is 0 Å². The maximum Gasteiger partial charge on any atom is 0.243 e. The van der Waals surface area contributed by atoms with E-state index in [2.05, 4.69) is 12.2 Å². The summed E-state index contributed by atoms with van der Waals surface area (Å²) in [6.45, 7) is 5.18. The van der Waals surface area contributed by atoms with Crippen LogP contribution in [0.2, 0.25) is 0 Å². The van der Waals surface area contributed by atoms with Gasteiger partial charge in [-0.25, -0.2) is 8.42 Å². The molecule has 0 spiro atoms. The van der Waals surface area contributed by atoms with Gasteiger partial charge in [-0.15, -0.1) is 0 Å². The van der Waals surface area contributed by atoms with Crippen LogP contribution < -0.4 is 10.1 Å². The zero-order valence-electron chi connectivity index (χ0n) is 14.9. The van der Waals surface area contributed by atoms with E-state index in [1.807, 2.05) is 24.3 Å². The highest BCUT2D eigenvalue weighted by Crippen LogP contribution is 2.33. The molecule has 1 saturated heterocycles. The highest BCUT2D eigenvalue weighted by molar-refractivity contribution is 7.89. The first kappa shape index (κ1) is 18.2. The van der Waals surface area contributed by atoms with Gasteiger partial charge in [-0.05, 0) is 44.0 Å². The molecule has 5 nitrogen and oxygen atoms in total. The van der Waals surface area contributed by atoms with Crippen molar-refractivity contribution in [3.63, 3.8) is 0 Å². The SMILES string of the molecule is CCNCC1CCN(S(=O)(=O)c2ccc(OC)c3ccccc23)CC1. The third-order valence-electron chi connectivity index (χ3n) is 4.94. The van der Waals surface area contributed by atoms with E-state index >= 15 is 0 Å². The summed E-state index contributed by atoms with van der Waals surface area (Å²) in [6, 6.07) is 10.9. The predicted octanol–water partition coefficient (Wildman–Crippen LogP) is 2.86. The van der Waals surface area contributed by atoms with E-state index in [0.29, 0.717) is 29.7 Å². The van der Waals surface area contributed by atoms with Crippen molar-refractivity contribution < 1.29 is 13.2 Å². The summed E-state index contributed by atoms with van der Waals surface area (Å²) in [5.41, 5.74) is 0. The number of piperidine rings is 1. The van der Waals surface area contributed by atoms with Gasteiger partial charge in [-0.2, -0.15) is 4.31 Å². The van der Waals surface area contributed by atoms with Crippen LogP contribution >= 0.6 is 0 Å². The van der Waals surface area contributed by atoms with Crippen LogP contribution in [0.1, 0.15) is 19.8 Å². The first-order chi connectivity index (χ1) is 12.1. The number of rotatable bonds is 6. The molecule has 2 aromatic rings. The second kappa shape index (κ2) is 7.72. The average molecular weight is 362 g/mol. The van der Waals surface area contributed by atoms with Gasteiger partial charge < -0.3 is 10.1 Å². The van der Waals surface area contributed by atoms with Crippen LogP contribution in [0.15, 0.2) is 41.3 Å². The van der Waals surface area contributed by atoms with Gasteiger partial charge in [0.25, 0.3) is 0 Å². The zero-order valence-corrected chi connectivity index (χ0v) is 15.7. The number of benzene rings is 2. The summed E-state index contributed by atoms with van der Waals surface area (Å²) < 4.78 is 33.4. The molecule has 0 amide bonds. The molecule has 1 heterocycles. The highest BCUT2D eigenvalue weighted by Gasteiger charge is 2.30. The zero-order chi connectivity index (χ0) is 17.9. The number of hydrogen-bond donors (Lipinski definition) is 1. The summed E-state index contributed by atoms with van der Waals surface area (Å²) in [4.78, 5) is 0.369. The van der Waals surface area contributed by atoms with Crippen LogP contribution in [-0.4, -0.2) is 46.0 Å². The maximum absolute atomic E-state index is 13.2. The minimum absolute atomic E-state index is 0.369. The summed E-state index contributed by atoms with van der Waals surface area (Å²) in [7, 11) is -1.90. The van der Waals surface area contributed by atoms with E-state index in [0.717, 1.165) is 36.7 Å². The molecular formula is C19H26N2O3S. The van der Waals surface area contributed by atoms with Crippen molar-refractivity contribution in [3.8, 4) is 5.75 Å². The molecule has 3 rings (SSSR count). The Balaban J connectivity index is 1.88. The first-order valence-corrected chi connectivity index (χ1v) is 10.3. The Bertz CT molecular complexity index is 828. The molecule has 1 aliphatic heterocycles. The summed E-state index contributed by atoms with van der Waals surface area (Å²) >= 11 is 0. The monoisotopic (exact) mass is 362 g/mol. The molecule has 0 atom stereocenters. The standard InChI is InChI=1S/C19H26N2O3S/c1-3-20-14-15-10-12-21(13-11-15)25(22,23)19-9-8-18(24-2)16-6-4-5-7-17(16)19/h4-9,15,20H,3,10-14H2,1-2H3. The van der Waals surface area contributed by atoms with Crippen molar-refractivity contribution >= 4 is 20.8 Å². The lowest BCUT2D eigenvalue weighted by atomic mass is 9.98. The van der Waals surface area contributed by atoms with Crippen molar-refractivity contribution in [2.45, 2.75) is 24.7 Å². The predicted molar refractivity (Wildman–Crippen MR) is 101 cm³/mol. The summed E-state index contributed by atoms with van der Waals surface area (Å²) in [5.74, 6) is 1.25. The summed E-state index contributed by atoms with van der Waals surface area (Å²) in [6.07, 6.45) is 1.81. The molecule has 136 valence electrons. The minimum atomic E-state index is -3.50. The number of nitrogens with one attached hydrogen (secondary N) is 1. The number of sulfonamides is 1. The van der Waals surface area contributed by atoms with Gasteiger partial charge in [0.2, 0.25) is 10.0 Å². The Labute approximate surface area is 150 Å². The van der Waals surface area contributed by atoms with E-state index < -0.39 is 10.0 Å². The average Bonchev–Trinajstić information content (AvgIpc) is 2.65. The quantitative estimate of drug-likeness (QED) is 0.858. The van der Waals surface area contributed by atoms with Gasteiger partial charge in [-0.3, -0.25) is 0 Å². The fourth-order valence-electron chi connectivity index (χ4n) is 3.49. The molecule has 1 aliphatic rings. The van der Waals surface area contributed by atoms with Gasteiger partial charge in [0, 0.05) is 23.9 Å². The van der Waals surface area contributed by atoms with Crippen LogP contribution in [0.25, 0.3) is 10.8 Å². The lowest BCUT2D eigenvalue weighted by molar-refractivity contribution is 0.268. The number of ether oxygens (including phenoxy) is 1. The normalized spacial score (nSPS) is 17.0. The molecule has 0 unspecified atom stereocenters. The Hall–Kier alpha value is -1.63. The maximum atomic E-state index is 13.2. The van der Waals surface area contributed by atoms with E-state index in [1.54, 1.807) is 23.5 Å². The lowest BCUT2D eigenvalue weighted by Crippen LogP contribution is -2.40. The molecule has 1 fully saturated rings. The molecule has 2 aromatic carbocycles. The third-order valence-corrected chi connectivity index (χ3v) is 6.90. The van der Waals surface area contributed by atoms with E-state index in [1.165, 1.54) is 0 Å². The Morgan fingerprint density at radius 2 is 1.80 bits per heavy atom. The molecule has 25 heavy (non-hydrogen) atoms. The molecule has 0 bridgehead atoms. The van der Waals surface area contributed by atoms with Crippen LogP contribution in [0.3, 0.4) is 0 Å². The first-order valence-electron chi connectivity index (χ1n) is 8.84. The third kappa shape index (κ3) is 3.66. The van der Waals surface area contributed by atoms with E-state index in [4.69, 9.17) is 4.74 Å². The number of fused-ring (bicyclic) bond motifs is 1. The van der Waals surface area contributed by atoms with E-state index in [9.17, 15) is 8.42 Å². The fourth-order valence-corrected chi connectivity index (χ4v) is 5.15. The number of methoxy groups -OCH3 is 1.